The van der Waals surface area contributed by atoms with Crippen molar-refractivity contribution in [1.29, 1.82) is 0 Å². The number of benzene rings is 3. The molecule has 1 aliphatic carbocycles. The van der Waals surface area contributed by atoms with Crippen molar-refractivity contribution in [3.8, 4) is 5.75 Å². The second-order valence-electron chi connectivity index (χ2n) is 9.93. The van der Waals surface area contributed by atoms with E-state index < -0.39 is 0 Å². The Kier molecular flexibility index (Phi) is 6.48. The minimum absolute atomic E-state index is 0.0337. The first kappa shape index (κ1) is 22.9. The number of carbonyl (C=O) groups excluding carboxylic acids is 1. The van der Waals surface area contributed by atoms with Gasteiger partial charge in [-0.2, -0.15) is 0 Å². The third-order valence-electron chi connectivity index (χ3n) is 7.63. The van der Waals surface area contributed by atoms with Gasteiger partial charge in [0.05, 0.1) is 12.1 Å². The molecule has 0 saturated carbocycles. The Morgan fingerprint density at radius 1 is 1.03 bits per heavy atom. The maximum absolute atomic E-state index is 12.9. The highest BCUT2D eigenvalue weighted by Gasteiger charge is 2.39. The number of ether oxygens (including phenoxy) is 2. The average Bonchev–Trinajstić information content (AvgIpc) is 3.63. The summed E-state index contributed by atoms with van der Waals surface area (Å²) in [6, 6.07) is 24.8. The van der Waals surface area contributed by atoms with Crippen LogP contribution in [0.25, 0.3) is 0 Å². The summed E-state index contributed by atoms with van der Waals surface area (Å²) in [5.41, 5.74) is 5.31. The molecule has 0 bridgehead atoms. The van der Waals surface area contributed by atoms with E-state index in [2.05, 4.69) is 65.3 Å². The number of allylic oxidation sites excluding steroid dienone is 2. The van der Waals surface area contributed by atoms with Gasteiger partial charge in [-0.05, 0) is 60.6 Å². The molecule has 1 saturated heterocycles. The maximum atomic E-state index is 12.9. The lowest BCUT2D eigenvalue weighted by molar-refractivity contribution is 0.0857. The van der Waals surface area contributed by atoms with Crippen molar-refractivity contribution in [2.24, 2.45) is 5.92 Å². The number of fused-ring (bicyclic) bond motifs is 3. The number of hydrogen-bond acceptors (Lipinski definition) is 4. The van der Waals surface area contributed by atoms with E-state index in [4.69, 9.17) is 9.47 Å². The van der Waals surface area contributed by atoms with E-state index in [0.29, 0.717) is 24.6 Å². The van der Waals surface area contributed by atoms with E-state index >= 15 is 0 Å². The predicted octanol–water partition coefficient (Wildman–Crippen LogP) is 6.00. The van der Waals surface area contributed by atoms with Gasteiger partial charge in [0.15, 0.2) is 0 Å². The Balaban J connectivity index is 1.22. The number of carbonyl (C=O) groups is 1. The van der Waals surface area contributed by atoms with Gasteiger partial charge in [-0.25, -0.2) is 0 Å². The average molecular weight is 481 g/mol. The molecule has 2 aliphatic heterocycles. The van der Waals surface area contributed by atoms with Crippen molar-refractivity contribution in [3.63, 3.8) is 0 Å². The molecule has 4 unspecified atom stereocenters. The highest BCUT2D eigenvalue weighted by Crippen LogP contribution is 2.51. The molecule has 2 heterocycles. The monoisotopic (exact) mass is 480 g/mol. The van der Waals surface area contributed by atoms with Crippen LogP contribution in [-0.4, -0.2) is 25.2 Å². The van der Waals surface area contributed by atoms with Crippen molar-refractivity contribution in [1.82, 2.24) is 5.32 Å². The third kappa shape index (κ3) is 4.63. The summed E-state index contributed by atoms with van der Waals surface area (Å²) in [6.07, 6.45) is 7.79. The Morgan fingerprint density at radius 3 is 2.75 bits per heavy atom. The lowest BCUT2D eigenvalue weighted by Crippen LogP contribution is -2.32. The molecule has 0 aromatic heterocycles. The molecule has 36 heavy (non-hydrogen) atoms. The van der Waals surface area contributed by atoms with Crippen LogP contribution in [0, 0.1) is 5.92 Å². The van der Waals surface area contributed by atoms with Gasteiger partial charge in [0, 0.05) is 35.9 Å². The van der Waals surface area contributed by atoms with Crippen LogP contribution in [0.4, 0.5) is 5.69 Å². The normalized spacial score (nSPS) is 24.0. The van der Waals surface area contributed by atoms with Gasteiger partial charge in [0.25, 0.3) is 5.91 Å². The Morgan fingerprint density at radius 2 is 1.89 bits per heavy atom. The molecule has 1 fully saturated rings. The largest absolute Gasteiger partial charge is 0.489 e. The van der Waals surface area contributed by atoms with Gasteiger partial charge >= 0.3 is 0 Å². The fourth-order valence-corrected chi connectivity index (χ4v) is 5.76. The number of anilines is 1. The Bertz CT molecular complexity index is 1250. The van der Waals surface area contributed by atoms with Gasteiger partial charge in [-0.15, -0.1) is 0 Å². The number of rotatable bonds is 7. The highest BCUT2D eigenvalue weighted by molar-refractivity contribution is 5.95. The van der Waals surface area contributed by atoms with Crippen LogP contribution in [0.5, 0.6) is 5.75 Å². The second-order valence-corrected chi connectivity index (χ2v) is 9.93. The van der Waals surface area contributed by atoms with E-state index in [1.807, 2.05) is 30.3 Å². The minimum Gasteiger partial charge on any atom is -0.489 e. The summed E-state index contributed by atoms with van der Waals surface area (Å²) in [7, 11) is 0. The molecule has 0 radical (unpaired) electrons. The first-order chi connectivity index (χ1) is 17.8. The first-order valence-electron chi connectivity index (χ1n) is 13.0. The van der Waals surface area contributed by atoms with Crippen LogP contribution >= 0.6 is 0 Å². The molecule has 3 aromatic rings. The summed E-state index contributed by atoms with van der Waals surface area (Å²) in [5, 5.41) is 6.85. The maximum Gasteiger partial charge on any atom is 0.251 e. The van der Waals surface area contributed by atoms with Gasteiger partial charge in [-0.1, -0.05) is 60.7 Å². The zero-order chi connectivity index (χ0) is 24.3. The van der Waals surface area contributed by atoms with Crippen molar-refractivity contribution >= 4 is 11.6 Å². The Labute approximate surface area is 212 Å². The van der Waals surface area contributed by atoms with Crippen LogP contribution in [0.3, 0.4) is 0 Å². The van der Waals surface area contributed by atoms with Crippen molar-refractivity contribution in [2.75, 3.05) is 18.5 Å². The van der Waals surface area contributed by atoms with E-state index in [1.165, 1.54) is 11.1 Å². The molecule has 4 atom stereocenters. The number of nitrogens with one attached hydrogen (secondary N) is 2. The summed E-state index contributed by atoms with van der Waals surface area (Å²) >= 11 is 0. The zero-order valence-electron chi connectivity index (χ0n) is 20.4. The quantitative estimate of drug-likeness (QED) is 0.407. The standard InChI is InChI=1S/C31H32N2O3/c34-31(32-19-23-10-7-17-35-23)22-15-16-28-27(18-22)24-12-6-13-25(24)30(33-28)26-11-4-5-14-29(26)36-20-21-8-2-1-3-9-21/h1-6,8-9,11-12,14-16,18,23-25,30,33H,7,10,13,17,19-20H2,(H,32,34). The van der Waals surface area contributed by atoms with E-state index in [9.17, 15) is 4.79 Å². The number of amides is 1. The van der Waals surface area contributed by atoms with E-state index in [1.54, 1.807) is 0 Å². The molecule has 184 valence electrons. The summed E-state index contributed by atoms with van der Waals surface area (Å²) in [4.78, 5) is 12.9. The SMILES string of the molecule is O=C(NCC1CCCO1)c1ccc2c(c1)C1C=CCC1C(c1ccccc1OCc1ccccc1)N2. The lowest BCUT2D eigenvalue weighted by Gasteiger charge is -2.38. The third-order valence-corrected chi connectivity index (χ3v) is 7.63. The molecule has 1 amide bonds. The van der Waals surface area contributed by atoms with Gasteiger partial charge in [0.2, 0.25) is 0 Å². The molecule has 5 heteroatoms. The van der Waals surface area contributed by atoms with Gasteiger partial charge in [-0.3, -0.25) is 4.79 Å². The van der Waals surface area contributed by atoms with Crippen molar-refractivity contribution in [2.45, 2.75) is 43.9 Å². The van der Waals surface area contributed by atoms with Gasteiger partial charge in [0.1, 0.15) is 12.4 Å². The predicted molar refractivity (Wildman–Crippen MR) is 141 cm³/mol. The van der Waals surface area contributed by atoms with Crippen LogP contribution in [0.1, 0.15) is 58.3 Å². The minimum atomic E-state index is -0.0337. The van der Waals surface area contributed by atoms with Crippen molar-refractivity contribution in [3.05, 3.63) is 107 Å². The molecule has 2 N–H and O–H groups in total. The summed E-state index contributed by atoms with van der Waals surface area (Å²) in [6.45, 7) is 1.90. The summed E-state index contributed by atoms with van der Waals surface area (Å²) in [5.74, 6) is 1.51. The topological polar surface area (TPSA) is 59.6 Å². The zero-order valence-corrected chi connectivity index (χ0v) is 20.4. The molecule has 0 spiro atoms. The summed E-state index contributed by atoms with van der Waals surface area (Å²) < 4.78 is 12.0. The van der Waals surface area contributed by atoms with Crippen molar-refractivity contribution < 1.29 is 14.3 Å². The lowest BCUT2D eigenvalue weighted by atomic mass is 9.76. The van der Waals surface area contributed by atoms with Crippen LogP contribution in [0.2, 0.25) is 0 Å². The molecule has 3 aliphatic rings. The van der Waals surface area contributed by atoms with Crippen LogP contribution in [0.15, 0.2) is 84.9 Å². The molecule has 6 rings (SSSR count). The molecule has 5 nitrogen and oxygen atoms in total. The van der Waals surface area contributed by atoms with E-state index in [0.717, 1.165) is 42.9 Å². The number of hydrogen-bond donors (Lipinski definition) is 2. The van der Waals surface area contributed by atoms with Crippen LogP contribution < -0.4 is 15.4 Å². The van der Waals surface area contributed by atoms with E-state index in [-0.39, 0.29) is 24.0 Å². The van der Waals surface area contributed by atoms with Gasteiger partial charge < -0.3 is 20.1 Å². The molecule has 3 aromatic carbocycles. The molecular weight excluding hydrogens is 448 g/mol. The fourth-order valence-electron chi connectivity index (χ4n) is 5.76. The highest BCUT2D eigenvalue weighted by atomic mass is 16.5. The fraction of sp³-hybridized carbons (Fsp3) is 0.323. The van der Waals surface area contributed by atoms with Crippen LogP contribution in [-0.2, 0) is 11.3 Å². The smallest absolute Gasteiger partial charge is 0.251 e. The molecular formula is C31H32N2O3. The Hall–Kier alpha value is -3.57. The number of para-hydroxylation sites is 1. The first-order valence-corrected chi connectivity index (χ1v) is 13.0. The second kappa shape index (κ2) is 10.2.